The highest BCUT2D eigenvalue weighted by Gasteiger charge is 2.31. The topological polar surface area (TPSA) is 52.7 Å². The summed E-state index contributed by atoms with van der Waals surface area (Å²) in [6.07, 6.45) is 2.48. The van der Waals surface area contributed by atoms with E-state index in [0.29, 0.717) is 19.5 Å². The zero-order valence-electron chi connectivity index (χ0n) is 13.0. The Labute approximate surface area is 135 Å². The van der Waals surface area contributed by atoms with E-state index in [2.05, 4.69) is 18.3 Å². The summed E-state index contributed by atoms with van der Waals surface area (Å²) in [6.45, 7) is 5.61. The zero-order valence-corrected chi connectivity index (χ0v) is 13.8. The van der Waals surface area contributed by atoms with E-state index in [0.717, 1.165) is 37.4 Å². The molecule has 120 valence electrons. The molecule has 0 spiro atoms. The quantitative estimate of drug-likeness (QED) is 0.904. The van der Waals surface area contributed by atoms with E-state index in [1.165, 1.54) is 4.88 Å². The third kappa shape index (κ3) is 3.50. The molecular formula is C16H23N3O2S. The van der Waals surface area contributed by atoms with E-state index < -0.39 is 0 Å². The fourth-order valence-corrected chi connectivity index (χ4v) is 4.17. The summed E-state index contributed by atoms with van der Waals surface area (Å²) in [5.41, 5.74) is 0. The van der Waals surface area contributed by atoms with Gasteiger partial charge < -0.3 is 15.1 Å². The van der Waals surface area contributed by atoms with Crippen LogP contribution in [0.3, 0.4) is 0 Å². The first-order valence-corrected chi connectivity index (χ1v) is 8.78. The summed E-state index contributed by atoms with van der Waals surface area (Å²) in [5.74, 6) is 0.355. The molecule has 2 fully saturated rings. The second-order valence-corrected chi connectivity index (χ2v) is 7.46. The van der Waals surface area contributed by atoms with E-state index >= 15 is 0 Å². The molecular weight excluding hydrogens is 298 g/mol. The maximum atomic E-state index is 12.5. The lowest BCUT2D eigenvalue weighted by Gasteiger charge is -2.41. The Hall–Kier alpha value is -1.40. The molecule has 0 aliphatic carbocycles. The molecule has 2 aliphatic heterocycles. The van der Waals surface area contributed by atoms with Crippen LogP contribution in [0.4, 0.5) is 0 Å². The number of carbonyl (C=O) groups is 2. The fraction of sp³-hybridized carbons (Fsp3) is 0.625. The number of rotatable bonds is 3. The molecule has 1 aromatic heterocycles. The van der Waals surface area contributed by atoms with E-state index in [1.54, 1.807) is 11.3 Å². The Bertz CT molecular complexity index is 557. The number of piperidine rings is 1. The number of hydrogen-bond acceptors (Lipinski definition) is 4. The van der Waals surface area contributed by atoms with Crippen molar-refractivity contribution in [1.29, 1.82) is 0 Å². The molecule has 0 radical (unpaired) electrons. The molecule has 22 heavy (non-hydrogen) atoms. The Morgan fingerprint density at radius 3 is 3.00 bits per heavy atom. The summed E-state index contributed by atoms with van der Waals surface area (Å²) in [5, 5.41) is 3.10. The molecule has 2 saturated heterocycles. The van der Waals surface area contributed by atoms with Crippen molar-refractivity contribution >= 4 is 23.2 Å². The number of likely N-dealkylation sites (tertiary alicyclic amines) is 1. The first-order chi connectivity index (χ1) is 10.6. The minimum Gasteiger partial charge on any atom is -0.340 e. The molecule has 1 aromatic rings. The second kappa shape index (κ2) is 6.79. The maximum absolute atomic E-state index is 12.5. The smallest absolute Gasteiger partial charge is 0.236 e. The molecule has 3 heterocycles. The largest absolute Gasteiger partial charge is 0.340 e. The van der Waals surface area contributed by atoms with Crippen LogP contribution in [-0.2, 0) is 16.0 Å². The molecule has 3 rings (SSSR count). The molecule has 2 amide bonds. The van der Waals surface area contributed by atoms with Crippen molar-refractivity contribution in [3.05, 3.63) is 21.9 Å². The van der Waals surface area contributed by atoms with Crippen LogP contribution in [-0.4, -0.2) is 60.4 Å². The van der Waals surface area contributed by atoms with Gasteiger partial charge in [0.05, 0.1) is 13.0 Å². The van der Waals surface area contributed by atoms with Crippen molar-refractivity contribution < 1.29 is 9.59 Å². The second-order valence-electron chi connectivity index (χ2n) is 6.09. The first kappa shape index (κ1) is 15.5. The predicted molar refractivity (Wildman–Crippen MR) is 86.9 cm³/mol. The lowest BCUT2D eigenvalue weighted by atomic mass is 10.0. The number of nitrogens with zero attached hydrogens (tertiary/aromatic N) is 2. The molecule has 2 aliphatic rings. The van der Waals surface area contributed by atoms with E-state index in [-0.39, 0.29) is 17.9 Å². The first-order valence-electron chi connectivity index (χ1n) is 7.97. The number of hydrogen-bond donors (Lipinski definition) is 1. The van der Waals surface area contributed by atoms with Crippen molar-refractivity contribution in [2.24, 2.45) is 0 Å². The number of carbonyl (C=O) groups excluding carboxylic acids is 2. The lowest BCUT2D eigenvalue weighted by Crippen LogP contribution is -2.57. The third-order valence-corrected chi connectivity index (χ3v) is 5.44. The summed E-state index contributed by atoms with van der Waals surface area (Å²) >= 11 is 1.69. The lowest BCUT2D eigenvalue weighted by molar-refractivity contribution is -0.140. The summed E-state index contributed by atoms with van der Waals surface area (Å²) in [7, 11) is 0. The highest BCUT2D eigenvalue weighted by Crippen LogP contribution is 2.20. The number of piperazine rings is 1. The zero-order chi connectivity index (χ0) is 15.5. The van der Waals surface area contributed by atoms with E-state index in [9.17, 15) is 9.59 Å². The highest BCUT2D eigenvalue weighted by molar-refractivity contribution is 7.12. The number of aryl methyl sites for hydroxylation is 1. The Morgan fingerprint density at radius 2 is 2.27 bits per heavy atom. The van der Waals surface area contributed by atoms with Crippen LogP contribution in [0.15, 0.2) is 12.1 Å². The highest BCUT2D eigenvalue weighted by atomic mass is 32.1. The van der Waals surface area contributed by atoms with Gasteiger partial charge in [0.2, 0.25) is 11.8 Å². The standard InChI is InChI=1S/C16H23N3O2S/c1-12-4-5-14(22-12)9-15(20)18-7-2-3-13(11-18)19-8-6-17-10-16(19)21/h4-5,13,17H,2-3,6-11H2,1H3. The van der Waals surface area contributed by atoms with Gasteiger partial charge in [-0.2, -0.15) is 0 Å². The summed E-state index contributed by atoms with van der Waals surface area (Å²) < 4.78 is 0. The molecule has 1 N–H and O–H groups in total. The van der Waals surface area contributed by atoms with Gasteiger partial charge in [0.1, 0.15) is 0 Å². The number of nitrogens with one attached hydrogen (secondary N) is 1. The molecule has 0 saturated carbocycles. The van der Waals surface area contributed by atoms with Crippen molar-refractivity contribution in [2.75, 3.05) is 32.7 Å². The average Bonchev–Trinajstić information content (AvgIpc) is 2.93. The van der Waals surface area contributed by atoms with Crippen molar-refractivity contribution in [3.63, 3.8) is 0 Å². The molecule has 0 bridgehead atoms. The van der Waals surface area contributed by atoms with Crippen LogP contribution in [0.1, 0.15) is 22.6 Å². The van der Waals surface area contributed by atoms with Gasteiger partial charge in [0.15, 0.2) is 0 Å². The summed E-state index contributed by atoms with van der Waals surface area (Å²) in [6, 6.07) is 4.29. The van der Waals surface area contributed by atoms with Crippen molar-refractivity contribution in [2.45, 2.75) is 32.2 Å². The number of thiophene rings is 1. The van der Waals surface area contributed by atoms with Gasteiger partial charge in [-0.1, -0.05) is 0 Å². The number of amides is 2. The van der Waals surface area contributed by atoms with Gasteiger partial charge in [-0.05, 0) is 31.9 Å². The normalized spacial score (nSPS) is 23.0. The van der Waals surface area contributed by atoms with Crippen molar-refractivity contribution in [1.82, 2.24) is 15.1 Å². The summed E-state index contributed by atoms with van der Waals surface area (Å²) in [4.78, 5) is 30.8. The van der Waals surface area contributed by atoms with Crippen molar-refractivity contribution in [3.8, 4) is 0 Å². The Balaban J connectivity index is 1.60. The van der Waals surface area contributed by atoms with Gasteiger partial charge in [-0.25, -0.2) is 0 Å². The molecule has 6 heteroatoms. The fourth-order valence-electron chi connectivity index (χ4n) is 3.28. The van der Waals surface area contributed by atoms with Gasteiger partial charge in [0, 0.05) is 42.0 Å². The monoisotopic (exact) mass is 321 g/mol. The molecule has 5 nitrogen and oxygen atoms in total. The van der Waals surface area contributed by atoms with Gasteiger partial charge in [-0.15, -0.1) is 11.3 Å². The predicted octanol–water partition coefficient (Wildman–Crippen LogP) is 1.02. The van der Waals surface area contributed by atoms with Crippen LogP contribution < -0.4 is 5.32 Å². The van der Waals surface area contributed by atoms with E-state index in [4.69, 9.17) is 0 Å². The van der Waals surface area contributed by atoms with Crippen LogP contribution in [0.5, 0.6) is 0 Å². The molecule has 1 unspecified atom stereocenters. The molecule has 1 atom stereocenters. The van der Waals surface area contributed by atoms with Gasteiger partial charge in [-0.3, -0.25) is 9.59 Å². The van der Waals surface area contributed by atoms with Crippen LogP contribution in [0, 0.1) is 6.92 Å². The minimum absolute atomic E-state index is 0.166. The van der Waals surface area contributed by atoms with E-state index in [1.807, 2.05) is 15.9 Å². The maximum Gasteiger partial charge on any atom is 0.236 e. The van der Waals surface area contributed by atoms with Gasteiger partial charge >= 0.3 is 0 Å². The third-order valence-electron chi connectivity index (χ3n) is 4.44. The van der Waals surface area contributed by atoms with Gasteiger partial charge in [0.25, 0.3) is 0 Å². The Morgan fingerprint density at radius 1 is 1.41 bits per heavy atom. The SMILES string of the molecule is Cc1ccc(CC(=O)N2CCCC(N3CCNCC3=O)C2)s1. The van der Waals surface area contributed by atoms with Crippen LogP contribution in [0.25, 0.3) is 0 Å². The Kier molecular flexibility index (Phi) is 4.78. The minimum atomic E-state index is 0.166. The molecule has 0 aromatic carbocycles. The average molecular weight is 321 g/mol. The van der Waals surface area contributed by atoms with Crippen LogP contribution >= 0.6 is 11.3 Å². The van der Waals surface area contributed by atoms with Crippen LogP contribution in [0.2, 0.25) is 0 Å².